The van der Waals surface area contributed by atoms with Crippen LogP contribution in [0.2, 0.25) is 0 Å². The molecule has 2 aliphatic rings. The summed E-state index contributed by atoms with van der Waals surface area (Å²) in [4.78, 5) is 14.3. The fourth-order valence-corrected chi connectivity index (χ4v) is 2.46. The van der Waals surface area contributed by atoms with Crippen LogP contribution in [0.4, 0.5) is 0 Å². The maximum atomic E-state index is 10.5. The third-order valence-electron chi connectivity index (χ3n) is 3.04. The summed E-state index contributed by atoms with van der Waals surface area (Å²) in [7, 11) is 0. The van der Waals surface area contributed by atoms with E-state index in [-0.39, 0.29) is 12.5 Å². The first-order chi connectivity index (χ1) is 8.18. The fourth-order valence-electron chi connectivity index (χ4n) is 2.06. The molecule has 0 radical (unpaired) electrons. The first kappa shape index (κ1) is 10.6. The highest BCUT2D eigenvalue weighted by Crippen LogP contribution is 2.59. The van der Waals surface area contributed by atoms with Crippen LogP contribution in [0.1, 0.15) is 18.4 Å². The zero-order valence-corrected chi connectivity index (χ0v) is 10.3. The average molecular weight is 298 g/mol. The predicted octanol–water partition coefficient (Wildman–Crippen LogP) is 2.21. The van der Waals surface area contributed by atoms with E-state index in [1.807, 2.05) is 0 Å². The second-order valence-electron chi connectivity index (χ2n) is 4.05. The summed E-state index contributed by atoms with van der Waals surface area (Å²) < 4.78 is 11.1. The Hall–Kier alpha value is -1.52. The third kappa shape index (κ3) is 1.45. The van der Waals surface area contributed by atoms with E-state index in [2.05, 4.69) is 20.9 Å². The van der Waals surface area contributed by atoms with Crippen molar-refractivity contribution in [2.75, 3.05) is 6.79 Å². The van der Waals surface area contributed by atoms with Gasteiger partial charge in [-0.2, -0.15) is 4.99 Å². The molecule has 0 unspecified atom stereocenters. The van der Waals surface area contributed by atoms with Gasteiger partial charge in [0.05, 0.1) is 10.0 Å². The molecule has 5 nitrogen and oxygen atoms in total. The molecule has 0 bridgehead atoms. The Morgan fingerprint density at radius 2 is 2.24 bits per heavy atom. The van der Waals surface area contributed by atoms with Crippen molar-refractivity contribution in [1.29, 1.82) is 0 Å². The summed E-state index contributed by atoms with van der Waals surface area (Å²) in [6, 6.07) is 1.64. The number of phenols is 1. The quantitative estimate of drug-likeness (QED) is 0.671. The lowest BCUT2D eigenvalue weighted by molar-refractivity contribution is 0.172. The van der Waals surface area contributed by atoms with Crippen LogP contribution >= 0.6 is 15.9 Å². The zero-order valence-electron chi connectivity index (χ0n) is 8.70. The number of benzene rings is 1. The van der Waals surface area contributed by atoms with E-state index < -0.39 is 5.54 Å². The van der Waals surface area contributed by atoms with Crippen LogP contribution in [0.3, 0.4) is 0 Å². The largest absolute Gasteiger partial charge is 0.506 e. The Morgan fingerprint density at radius 3 is 2.88 bits per heavy atom. The highest BCUT2D eigenvalue weighted by molar-refractivity contribution is 9.10. The number of halogens is 1. The maximum Gasteiger partial charge on any atom is 0.235 e. The molecule has 0 atom stereocenters. The molecule has 1 heterocycles. The van der Waals surface area contributed by atoms with E-state index in [4.69, 9.17) is 9.47 Å². The molecule has 0 amide bonds. The molecule has 17 heavy (non-hydrogen) atoms. The molecule has 88 valence electrons. The molecule has 1 saturated carbocycles. The van der Waals surface area contributed by atoms with Gasteiger partial charge in [-0.25, -0.2) is 4.79 Å². The Kier molecular flexibility index (Phi) is 2.18. The first-order valence-electron chi connectivity index (χ1n) is 5.08. The van der Waals surface area contributed by atoms with E-state index in [1.165, 1.54) is 0 Å². The predicted molar refractivity (Wildman–Crippen MR) is 61.0 cm³/mol. The summed E-state index contributed by atoms with van der Waals surface area (Å²) in [6.45, 7) is 0.110. The van der Waals surface area contributed by atoms with E-state index in [1.54, 1.807) is 12.1 Å². The number of aliphatic imine (C=N–C) groups is 1. The standard InChI is InChI=1S/C11H8BrNO4/c12-6-3-7-10(17-5-16-7)8(9(6)15)11(1-2-11)13-4-14/h3,15H,1-2,5H2. The van der Waals surface area contributed by atoms with E-state index in [0.717, 1.165) is 0 Å². The van der Waals surface area contributed by atoms with Crippen molar-refractivity contribution < 1.29 is 19.4 Å². The molecule has 1 aliphatic heterocycles. The van der Waals surface area contributed by atoms with Crippen LogP contribution in [0.15, 0.2) is 15.5 Å². The second kappa shape index (κ2) is 3.48. The molecule has 6 heteroatoms. The van der Waals surface area contributed by atoms with Crippen molar-refractivity contribution in [2.24, 2.45) is 4.99 Å². The van der Waals surface area contributed by atoms with E-state index in [0.29, 0.717) is 34.4 Å². The van der Waals surface area contributed by atoms with Gasteiger partial charge in [-0.1, -0.05) is 0 Å². The molecule has 0 aromatic heterocycles. The van der Waals surface area contributed by atoms with Crippen molar-refractivity contribution in [3.8, 4) is 17.2 Å². The number of carbonyl (C=O) groups excluding carboxylic acids is 1. The molecule has 0 saturated heterocycles. The molecular formula is C11H8BrNO4. The number of rotatable bonds is 2. The van der Waals surface area contributed by atoms with Gasteiger partial charge >= 0.3 is 0 Å². The number of aromatic hydroxyl groups is 1. The molecule has 1 fully saturated rings. The summed E-state index contributed by atoms with van der Waals surface area (Å²) in [5.41, 5.74) is -0.171. The van der Waals surface area contributed by atoms with Crippen molar-refractivity contribution >= 4 is 22.0 Å². The lowest BCUT2D eigenvalue weighted by atomic mass is 10.0. The Bertz CT molecular complexity index is 547. The van der Waals surface area contributed by atoms with Crippen molar-refractivity contribution in [2.45, 2.75) is 18.4 Å². The van der Waals surface area contributed by atoms with Crippen LogP contribution in [0, 0.1) is 0 Å². The summed E-state index contributed by atoms with van der Waals surface area (Å²) in [6.07, 6.45) is 2.95. The maximum absolute atomic E-state index is 10.5. The van der Waals surface area contributed by atoms with Crippen LogP contribution in [0.25, 0.3) is 0 Å². The minimum Gasteiger partial charge on any atom is -0.506 e. The highest BCUT2D eigenvalue weighted by atomic mass is 79.9. The van der Waals surface area contributed by atoms with Gasteiger partial charge in [0.1, 0.15) is 11.3 Å². The van der Waals surface area contributed by atoms with Crippen molar-refractivity contribution in [3.63, 3.8) is 0 Å². The van der Waals surface area contributed by atoms with Crippen LogP contribution in [-0.2, 0) is 10.3 Å². The van der Waals surface area contributed by atoms with Crippen LogP contribution in [0.5, 0.6) is 17.2 Å². The zero-order chi connectivity index (χ0) is 12.0. The minimum absolute atomic E-state index is 0.0470. The fraction of sp³-hybridized carbons (Fsp3) is 0.364. The third-order valence-corrected chi connectivity index (χ3v) is 3.64. The van der Waals surface area contributed by atoms with Crippen molar-refractivity contribution in [1.82, 2.24) is 0 Å². The van der Waals surface area contributed by atoms with Gasteiger partial charge in [-0.3, -0.25) is 0 Å². The normalized spacial score (nSPS) is 18.6. The summed E-state index contributed by atoms with van der Waals surface area (Å²) >= 11 is 3.25. The SMILES string of the molecule is O=C=NC1(c2c(O)c(Br)cc3c2OCO3)CC1. The minimum atomic E-state index is -0.687. The van der Waals surface area contributed by atoms with Gasteiger partial charge in [0.2, 0.25) is 12.9 Å². The van der Waals surface area contributed by atoms with Crippen LogP contribution in [-0.4, -0.2) is 18.0 Å². The number of isocyanates is 1. The molecule has 1 aromatic rings. The molecular weight excluding hydrogens is 290 g/mol. The lowest BCUT2D eigenvalue weighted by Gasteiger charge is -2.14. The molecule has 3 rings (SSSR count). The number of nitrogens with zero attached hydrogens (tertiary/aromatic N) is 1. The number of fused-ring (bicyclic) bond motifs is 1. The average Bonchev–Trinajstić information content (AvgIpc) is 2.91. The number of ether oxygens (including phenoxy) is 2. The number of phenolic OH excluding ortho intramolecular Hbond substituents is 1. The molecule has 1 aliphatic carbocycles. The number of hydrogen-bond acceptors (Lipinski definition) is 5. The summed E-state index contributed by atoms with van der Waals surface area (Å²) in [5, 5.41) is 10.1. The highest BCUT2D eigenvalue weighted by Gasteiger charge is 2.50. The Balaban J connectivity index is 2.25. The van der Waals surface area contributed by atoms with E-state index >= 15 is 0 Å². The van der Waals surface area contributed by atoms with Gasteiger partial charge in [-0.05, 0) is 28.8 Å². The monoisotopic (exact) mass is 297 g/mol. The van der Waals surface area contributed by atoms with E-state index in [9.17, 15) is 9.90 Å². The van der Waals surface area contributed by atoms with Gasteiger partial charge in [0.25, 0.3) is 0 Å². The molecule has 1 N–H and O–H groups in total. The Labute approximate surface area is 105 Å². The second-order valence-corrected chi connectivity index (χ2v) is 4.90. The van der Waals surface area contributed by atoms with Gasteiger partial charge in [0.15, 0.2) is 11.5 Å². The lowest BCUT2D eigenvalue weighted by Crippen LogP contribution is -2.05. The van der Waals surface area contributed by atoms with Gasteiger partial charge < -0.3 is 14.6 Å². The van der Waals surface area contributed by atoms with Crippen LogP contribution < -0.4 is 9.47 Å². The smallest absolute Gasteiger partial charge is 0.235 e. The first-order valence-corrected chi connectivity index (χ1v) is 5.88. The number of hydrogen-bond donors (Lipinski definition) is 1. The Morgan fingerprint density at radius 1 is 1.47 bits per heavy atom. The van der Waals surface area contributed by atoms with Gasteiger partial charge in [0, 0.05) is 6.07 Å². The topological polar surface area (TPSA) is 68.1 Å². The van der Waals surface area contributed by atoms with Crippen molar-refractivity contribution in [3.05, 3.63) is 16.1 Å². The molecule has 0 spiro atoms. The van der Waals surface area contributed by atoms with Gasteiger partial charge in [-0.15, -0.1) is 0 Å². The molecule has 1 aromatic carbocycles. The summed E-state index contributed by atoms with van der Waals surface area (Å²) in [5.74, 6) is 1.07.